The van der Waals surface area contributed by atoms with Gasteiger partial charge in [0.25, 0.3) is 0 Å². The van der Waals surface area contributed by atoms with E-state index in [1.807, 2.05) is 12.1 Å². The van der Waals surface area contributed by atoms with Gasteiger partial charge in [-0.25, -0.2) is 0 Å². The molecule has 0 amide bonds. The van der Waals surface area contributed by atoms with Crippen molar-refractivity contribution in [2.24, 2.45) is 11.8 Å². The molecule has 116 valence electrons. The number of halogens is 1. The second-order valence-corrected chi connectivity index (χ2v) is 7.30. The van der Waals surface area contributed by atoms with Gasteiger partial charge in [0.1, 0.15) is 5.75 Å². The lowest BCUT2D eigenvalue weighted by Gasteiger charge is -2.33. The summed E-state index contributed by atoms with van der Waals surface area (Å²) in [7, 11) is 0. The van der Waals surface area contributed by atoms with Crippen LogP contribution in [0.4, 0.5) is 0 Å². The molecule has 21 heavy (non-hydrogen) atoms. The average molecular weight is 308 g/mol. The molecule has 2 saturated carbocycles. The van der Waals surface area contributed by atoms with Crippen LogP contribution in [0.15, 0.2) is 18.2 Å². The molecule has 0 bridgehead atoms. The van der Waals surface area contributed by atoms with Crippen LogP contribution in [0.2, 0.25) is 5.02 Å². The van der Waals surface area contributed by atoms with Crippen molar-refractivity contribution in [2.75, 3.05) is 0 Å². The van der Waals surface area contributed by atoms with Gasteiger partial charge in [0, 0.05) is 18.2 Å². The number of benzene rings is 1. The second-order valence-electron chi connectivity index (χ2n) is 6.89. The zero-order valence-corrected chi connectivity index (χ0v) is 13.8. The van der Waals surface area contributed by atoms with Crippen molar-refractivity contribution >= 4 is 11.6 Å². The Morgan fingerprint density at radius 3 is 2.67 bits per heavy atom. The third-order valence-electron chi connectivity index (χ3n) is 5.04. The molecule has 3 atom stereocenters. The normalized spacial score (nSPS) is 29.4. The van der Waals surface area contributed by atoms with E-state index in [1.54, 1.807) is 0 Å². The molecule has 3 unspecified atom stereocenters. The Morgan fingerprint density at radius 2 is 1.95 bits per heavy atom. The molecule has 2 aliphatic carbocycles. The SMILES string of the molecule is CC1CCC(Oc2c(Cl)cccc2CNC2CC2)CC1C. The lowest BCUT2D eigenvalue weighted by molar-refractivity contribution is 0.0996. The highest BCUT2D eigenvalue weighted by Crippen LogP contribution is 2.36. The predicted molar refractivity (Wildman–Crippen MR) is 87.9 cm³/mol. The van der Waals surface area contributed by atoms with Gasteiger partial charge >= 0.3 is 0 Å². The first-order chi connectivity index (χ1) is 10.1. The summed E-state index contributed by atoms with van der Waals surface area (Å²) in [6, 6.07) is 6.79. The van der Waals surface area contributed by atoms with Gasteiger partial charge in [-0.3, -0.25) is 0 Å². The van der Waals surface area contributed by atoms with Crippen LogP contribution in [0, 0.1) is 11.8 Å². The smallest absolute Gasteiger partial charge is 0.142 e. The van der Waals surface area contributed by atoms with Crippen LogP contribution in [-0.4, -0.2) is 12.1 Å². The fourth-order valence-electron chi connectivity index (χ4n) is 3.14. The molecule has 2 fully saturated rings. The lowest BCUT2D eigenvalue weighted by Crippen LogP contribution is -2.29. The quantitative estimate of drug-likeness (QED) is 0.844. The second kappa shape index (κ2) is 6.58. The topological polar surface area (TPSA) is 21.3 Å². The van der Waals surface area contributed by atoms with Crippen LogP contribution in [0.3, 0.4) is 0 Å². The number of hydrogen-bond acceptors (Lipinski definition) is 2. The lowest BCUT2D eigenvalue weighted by atomic mass is 9.80. The van der Waals surface area contributed by atoms with Crippen LogP contribution in [-0.2, 0) is 6.54 Å². The summed E-state index contributed by atoms with van der Waals surface area (Å²) in [5.41, 5.74) is 1.20. The molecule has 0 spiro atoms. The highest BCUT2D eigenvalue weighted by molar-refractivity contribution is 6.32. The Kier molecular flexibility index (Phi) is 4.75. The molecule has 3 rings (SSSR count). The summed E-state index contributed by atoms with van der Waals surface area (Å²) < 4.78 is 6.32. The molecule has 1 aromatic rings. The number of ether oxygens (including phenoxy) is 1. The number of rotatable bonds is 5. The van der Waals surface area contributed by atoms with Crippen molar-refractivity contribution in [3.05, 3.63) is 28.8 Å². The van der Waals surface area contributed by atoms with E-state index < -0.39 is 0 Å². The molecule has 3 heteroatoms. The van der Waals surface area contributed by atoms with Crippen molar-refractivity contribution in [1.82, 2.24) is 5.32 Å². The van der Waals surface area contributed by atoms with E-state index in [-0.39, 0.29) is 0 Å². The predicted octanol–water partition coefficient (Wildman–Crippen LogP) is 4.80. The number of para-hydroxylation sites is 1. The Labute approximate surface area is 133 Å². The first-order valence-corrected chi connectivity index (χ1v) is 8.68. The van der Waals surface area contributed by atoms with E-state index in [0.717, 1.165) is 42.0 Å². The van der Waals surface area contributed by atoms with Crippen LogP contribution >= 0.6 is 11.6 Å². The first-order valence-electron chi connectivity index (χ1n) is 8.31. The van der Waals surface area contributed by atoms with Crippen molar-refractivity contribution in [3.8, 4) is 5.75 Å². The Hall–Kier alpha value is -0.730. The molecular formula is C18H26ClNO. The Balaban J connectivity index is 1.68. The van der Waals surface area contributed by atoms with Gasteiger partial charge in [-0.1, -0.05) is 37.6 Å². The largest absolute Gasteiger partial charge is 0.489 e. The fraction of sp³-hybridized carbons (Fsp3) is 0.667. The summed E-state index contributed by atoms with van der Waals surface area (Å²) >= 11 is 6.39. The van der Waals surface area contributed by atoms with E-state index in [1.165, 1.54) is 24.8 Å². The number of nitrogens with one attached hydrogen (secondary N) is 1. The van der Waals surface area contributed by atoms with E-state index in [2.05, 4.69) is 25.2 Å². The molecule has 1 N–H and O–H groups in total. The van der Waals surface area contributed by atoms with Gasteiger partial charge in [0.15, 0.2) is 0 Å². The standard InChI is InChI=1S/C18H26ClNO/c1-12-6-9-16(10-13(12)2)21-18-14(4-3-5-17(18)19)11-20-15-7-8-15/h3-5,12-13,15-16,20H,6-11H2,1-2H3. The Morgan fingerprint density at radius 1 is 1.14 bits per heavy atom. The molecule has 0 heterocycles. The molecule has 0 saturated heterocycles. The molecule has 2 aliphatic rings. The van der Waals surface area contributed by atoms with Crippen LogP contribution < -0.4 is 10.1 Å². The minimum Gasteiger partial charge on any atom is -0.489 e. The van der Waals surface area contributed by atoms with Gasteiger partial charge < -0.3 is 10.1 Å². The van der Waals surface area contributed by atoms with Crippen molar-refractivity contribution < 1.29 is 4.74 Å². The van der Waals surface area contributed by atoms with Crippen molar-refractivity contribution in [2.45, 2.75) is 64.6 Å². The zero-order chi connectivity index (χ0) is 14.8. The van der Waals surface area contributed by atoms with Gasteiger partial charge in [-0.05, 0) is 50.0 Å². The third kappa shape index (κ3) is 3.92. The Bertz CT molecular complexity index is 486. The van der Waals surface area contributed by atoms with Crippen LogP contribution in [0.1, 0.15) is 51.5 Å². The summed E-state index contributed by atoms with van der Waals surface area (Å²) in [6.45, 7) is 5.54. The van der Waals surface area contributed by atoms with Gasteiger partial charge in [-0.2, -0.15) is 0 Å². The van der Waals surface area contributed by atoms with E-state index >= 15 is 0 Å². The van der Waals surface area contributed by atoms with Gasteiger partial charge in [-0.15, -0.1) is 0 Å². The summed E-state index contributed by atoms with van der Waals surface area (Å²) in [5, 5.41) is 4.30. The zero-order valence-electron chi connectivity index (χ0n) is 13.1. The van der Waals surface area contributed by atoms with E-state index in [4.69, 9.17) is 16.3 Å². The average Bonchev–Trinajstić information content (AvgIpc) is 3.28. The highest BCUT2D eigenvalue weighted by atomic mass is 35.5. The van der Waals surface area contributed by atoms with Gasteiger partial charge in [0.2, 0.25) is 0 Å². The third-order valence-corrected chi connectivity index (χ3v) is 5.34. The highest BCUT2D eigenvalue weighted by Gasteiger charge is 2.27. The van der Waals surface area contributed by atoms with Gasteiger partial charge in [0.05, 0.1) is 11.1 Å². The van der Waals surface area contributed by atoms with E-state index in [0.29, 0.717) is 12.1 Å². The van der Waals surface area contributed by atoms with Crippen LogP contribution in [0.25, 0.3) is 0 Å². The minimum absolute atomic E-state index is 0.316. The number of hydrogen-bond donors (Lipinski definition) is 1. The molecule has 0 radical (unpaired) electrons. The molecular weight excluding hydrogens is 282 g/mol. The molecule has 2 nitrogen and oxygen atoms in total. The summed E-state index contributed by atoms with van der Waals surface area (Å²) in [5.74, 6) is 2.45. The fourth-order valence-corrected chi connectivity index (χ4v) is 3.38. The first kappa shape index (κ1) is 15.2. The van der Waals surface area contributed by atoms with Crippen molar-refractivity contribution in [3.63, 3.8) is 0 Å². The van der Waals surface area contributed by atoms with Crippen molar-refractivity contribution in [1.29, 1.82) is 0 Å². The monoisotopic (exact) mass is 307 g/mol. The summed E-state index contributed by atoms with van der Waals surface area (Å²) in [6.07, 6.45) is 6.46. The maximum atomic E-state index is 6.39. The summed E-state index contributed by atoms with van der Waals surface area (Å²) in [4.78, 5) is 0. The van der Waals surface area contributed by atoms with Crippen LogP contribution in [0.5, 0.6) is 5.75 Å². The molecule has 1 aromatic carbocycles. The maximum absolute atomic E-state index is 6.39. The van der Waals surface area contributed by atoms with E-state index in [9.17, 15) is 0 Å². The molecule has 0 aliphatic heterocycles. The minimum atomic E-state index is 0.316. The maximum Gasteiger partial charge on any atom is 0.142 e. The molecule has 0 aromatic heterocycles.